The lowest BCUT2D eigenvalue weighted by molar-refractivity contribution is -0.131. The predicted molar refractivity (Wildman–Crippen MR) is 80.8 cm³/mol. The van der Waals surface area contributed by atoms with Crippen molar-refractivity contribution in [2.75, 3.05) is 26.6 Å². The lowest BCUT2D eigenvalue weighted by atomic mass is 10.1. The summed E-state index contributed by atoms with van der Waals surface area (Å²) in [6.45, 7) is 4.53. The molecule has 1 aromatic carbocycles. The molecule has 0 unspecified atom stereocenters. The van der Waals surface area contributed by atoms with E-state index in [1.165, 1.54) is 0 Å². The third kappa shape index (κ3) is 4.30. The summed E-state index contributed by atoms with van der Waals surface area (Å²) in [4.78, 5) is 14.1. The summed E-state index contributed by atoms with van der Waals surface area (Å²) in [5.74, 6) is 1.79. The van der Waals surface area contributed by atoms with Crippen molar-refractivity contribution in [1.82, 2.24) is 4.90 Å². The summed E-state index contributed by atoms with van der Waals surface area (Å²) in [6, 6.07) is 5.65. The third-order valence-electron chi connectivity index (χ3n) is 3.07. The van der Waals surface area contributed by atoms with Gasteiger partial charge < -0.3 is 14.4 Å². The van der Waals surface area contributed by atoms with Crippen molar-refractivity contribution in [3.05, 3.63) is 23.8 Å². The number of hydrogen-bond acceptors (Lipinski definition) is 3. The summed E-state index contributed by atoms with van der Waals surface area (Å²) >= 11 is 5.74. The van der Waals surface area contributed by atoms with Crippen LogP contribution in [-0.4, -0.2) is 43.5 Å². The van der Waals surface area contributed by atoms with Crippen LogP contribution in [0.3, 0.4) is 0 Å². The van der Waals surface area contributed by atoms with Crippen LogP contribution in [0.4, 0.5) is 0 Å². The Labute approximate surface area is 125 Å². The van der Waals surface area contributed by atoms with Crippen LogP contribution in [0, 0.1) is 0 Å². The summed E-state index contributed by atoms with van der Waals surface area (Å²) in [5.41, 5.74) is 0.896. The molecule has 0 bridgehead atoms. The first-order chi connectivity index (χ1) is 9.53. The molecule has 0 saturated carbocycles. The van der Waals surface area contributed by atoms with E-state index in [0.29, 0.717) is 30.3 Å². The maximum Gasteiger partial charge on any atom is 0.227 e. The number of carbonyl (C=O) groups excluding carboxylic acids is 1. The Morgan fingerprint density at radius 2 is 1.90 bits per heavy atom. The molecule has 0 saturated heterocycles. The van der Waals surface area contributed by atoms with Crippen molar-refractivity contribution in [3.8, 4) is 11.5 Å². The Kier molecular flexibility index (Phi) is 6.65. The Bertz CT molecular complexity index is 449. The van der Waals surface area contributed by atoms with Gasteiger partial charge in [0.05, 0.1) is 20.6 Å². The van der Waals surface area contributed by atoms with Crippen LogP contribution >= 0.6 is 11.6 Å². The lowest BCUT2D eigenvalue weighted by Crippen LogP contribution is -2.39. The lowest BCUT2D eigenvalue weighted by Gasteiger charge is -2.26. The molecule has 1 rings (SSSR count). The number of nitrogens with zero attached hydrogens (tertiary/aromatic N) is 1. The van der Waals surface area contributed by atoms with Crippen molar-refractivity contribution < 1.29 is 14.3 Å². The van der Waals surface area contributed by atoms with Crippen LogP contribution in [0.25, 0.3) is 0 Å². The largest absolute Gasteiger partial charge is 0.493 e. The molecule has 0 aromatic heterocycles. The number of halogens is 1. The van der Waals surface area contributed by atoms with Crippen molar-refractivity contribution in [2.45, 2.75) is 26.3 Å². The molecule has 5 heteroatoms. The fourth-order valence-corrected chi connectivity index (χ4v) is 2.21. The van der Waals surface area contributed by atoms with Gasteiger partial charge in [-0.2, -0.15) is 0 Å². The van der Waals surface area contributed by atoms with E-state index < -0.39 is 0 Å². The predicted octanol–water partition coefficient (Wildman–Crippen LogP) is 2.72. The smallest absolute Gasteiger partial charge is 0.227 e. The van der Waals surface area contributed by atoms with Gasteiger partial charge >= 0.3 is 0 Å². The fraction of sp³-hybridized carbons (Fsp3) is 0.533. The van der Waals surface area contributed by atoms with Crippen molar-refractivity contribution in [2.24, 2.45) is 0 Å². The summed E-state index contributed by atoms with van der Waals surface area (Å²) in [7, 11) is 3.17. The van der Waals surface area contributed by atoms with E-state index in [1.54, 1.807) is 19.1 Å². The first-order valence-corrected chi connectivity index (χ1v) is 7.13. The number of rotatable bonds is 7. The molecule has 0 heterocycles. The van der Waals surface area contributed by atoms with Crippen LogP contribution in [0.15, 0.2) is 18.2 Å². The number of hydrogen-bond donors (Lipinski definition) is 0. The van der Waals surface area contributed by atoms with Gasteiger partial charge in [0.15, 0.2) is 11.5 Å². The Hall–Kier alpha value is -1.42. The quantitative estimate of drug-likeness (QED) is 0.727. The number of alkyl halides is 1. The molecule has 0 spiro atoms. The minimum atomic E-state index is 0.0628. The van der Waals surface area contributed by atoms with Gasteiger partial charge in [0.1, 0.15) is 0 Å². The molecule has 0 fully saturated rings. The standard InChI is InChI=1S/C15H22ClNO3/c1-11(2)17(8-7-16)15(18)10-12-5-6-13(19-3)14(9-12)20-4/h5-6,9,11H,7-8,10H2,1-4H3. The van der Waals surface area contributed by atoms with Crippen molar-refractivity contribution in [1.29, 1.82) is 0 Å². The molecule has 0 N–H and O–H groups in total. The second-order valence-corrected chi connectivity index (χ2v) is 5.11. The molecule has 0 aliphatic rings. The van der Waals surface area contributed by atoms with E-state index in [4.69, 9.17) is 21.1 Å². The van der Waals surface area contributed by atoms with Crippen LogP contribution in [0.5, 0.6) is 11.5 Å². The van der Waals surface area contributed by atoms with Crippen molar-refractivity contribution in [3.63, 3.8) is 0 Å². The van der Waals surface area contributed by atoms with Crippen LogP contribution in [0.1, 0.15) is 19.4 Å². The number of methoxy groups -OCH3 is 2. The first-order valence-electron chi connectivity index (χ1n) is 6.59. The molecule has 1 aromatic rings. The average molecular weight is 300 g/mol. The Balaban J connectivity index is 2.84. The Morgan fingerprint density at radius 1 is 1.25 bits per heavy atom. The molecule has 20 heavy (non-hydrogen) atoms. The van der Waals surface area contributed by atoms with Gasteiger partial charge in [0.25, 0.3) is 0 Å². The maximum absolute atomic E-state index is 12.3. The number of carbonyl (C=O) groups is 1. The highest BCUT2D eigenvalue weighted by molar-refractivity contribution is 6.18. The normalized spacial score (nSPS) is 10.5. The van der Waals surface area contributed by atoms with Gasteiger partial charge in [-0.05, 0) is 31.5 Å². The minimum absolute atomic E-state index is 0.0628. The maximum atomic E-state index is 12.3. The molecule has 0 aliphatic carbocycles. The zero-order valence-electron chi connectivity index (χ0n) is 12.5. The van der Waals surface area contributed by atoms with Gasteiger partial charge in [0, 0.05) is 18.5 Å². The average Bonchev–Trinajstić information content (AvgIpc) is 2.43. The molecule has 4 nitrogen and oxygen atoms in total. The molecule has 1 amide bonds. The number of benzene rings is 1. The van der Waals surface area contributed by atoms with Crippen LogP contribution in [0.2, 0.25) is 0 Å². The topological polar surface area (TPSA) is 38.8 Å². The number of amides is 1. The molecule has 112 valence electrons. The highest BCUT2D eigenvalue weighted by Crippen LogP contribution is 2.27. The fourth-order valence-electron chi connectivity index (χ4n) is 2.03. The van der Waals surface area contributed by atoms with Gasteiger partial charge in [-0.15, -0.1) is 11.6 Å². The second-order valence-electron chi connectivity index (χ2n) is 4.74. The third-order valence-corrected chi connectivity index (χ3v) is 3.24. The van der Waals surface area contributed by atoms with Gasteiger partial charge in [-0.3, -0.25) is 4.79 Å². The van der Waals surface area contributed by atoms with E-state index in [-0.39, 0.29) is 11.9 Å². The second kappa shape index (κ2) is 8.00. The van der Waals surface area contributed by atoms with Gasteiger partial charge in [-0.1, -0.05) is 6.07 Å². The van der Waals surface area contributed by atoms with E-state index in [2.05, 4.69) is 0 Å². The van der Waals surface area contributed by atoms with E-state index >= 15 is 0 Å². The first kappa shape index (κ1) is 16.6. The molecule has 0 radical (unpaired) electrons. The summed E-state index contributed by atoms with van der Waals surface area (Å²) < 4.78 is 10.4. The van der Waals surface area contributed by atoms with Crippen molar-refractivity contribution >= 4 is 17.5 Å². The zero-order chi connectivity index (χ0) is 15.1. The highest BCUT2D eigenvalue weighted by Gasteiger charge is 2.17. The SMILES string of the molecule is COc1ccc(CC(=O)N(CCCl)C(C)C)cc1OC. The van der Waals surface area contributed by atoms with Crippen LogP contribution in [-0.2, 0) is 11.2 Å². The summed E-state index contributed by atoms with van der Waals surface area (Å²) in [5, 5.41) is 0. The molecular formula is C15H22ClNO3. The van der Waals surface area contributed by atoms with Crippen LogP contribution < -0.4 is 9.47 Å². The van der Waals surface area contributed by atoms with E-state index in [1.807, 2.05) is 32.0 Å². The summed E-state index contributed by atoms with van der Waals surface area (Å²) in [6.07, 6.45) is 0.329. The van der Waals surface area contributed by atoms with E-state index in [9.17, 15) is 4.79 Å². The van der Waals surface area contributed by atoms with Gasteiger partial charge in [0.2, 0.25) is 5.91 Å². The Morgan fingerprint density at radius 3 is 2.40 bits per heavy atom. The van der Waals surface area contributed by atoms with E-state index in [0.717, 1.165) is 5.56 Å². The highest BCUT2D eigenvalue weighted by atomic mass is 35.5. The molecule has 0 aliphatic heterocycles. The molecular weight excluding hydrogens is 278 g/mol. The molecule has 0 atom stereocenters. The number of ether oxygens (including phenoxy) is 2. The van der Waals surface area contributed by atoms with Gasteiger partial charge in [-0.25, -0.2) is 0 Å². The monoisotopic (exact) mass is 299 g/mol. The minimum Gasteiger partial charge on any atom is -0.493 e. The zero-order valence-corrected chi connectivity index (χ0v) is 13.2.